The summed E-state index contributed by atoms with van der Waals surface area (Å²) in [7, 11) is -3.83. The van der Waals surface area contributed by atoms with Crippen LogP contribution in [0.3, 0.4) is 0 Å². The third-order valence-corrected chi connectivity index (χ3v) is 8.10. The van der Waals surface area contributed by atoms with Gasteiger partial charge in [-0.25, -0.2) is 8.42 Å². The van der Waals surface area contributed by atoms with Gasteiger partial charge in [-0.3, -0.25) is 4.79 Å². The first-order valence-electron chi connectivity index (χ1n) is 11.3. The maximum atomic E-state index is 13.4. The number of nitrogens with zero attached hydrogens (tertiary/aromatic N) is 2. The second-order valence-electron chi connectivity index (χ2n) is 8.75. The van der Waals surface area contributed by atoms with E-state index in [1.165, 1.54) is 22.2 Å². The summed E-state index contributed by atoms with van der Waals surface area (Å²) in [6.07, 6.45) is 5.58. The van der Waals surface area contributed by atoms with Gasteiger partial charge >= 0.3 is 0 Å². The molecule has 0 saturated carbocycles. The first-order chi connectivity index (χ1) is 16.3. The van der Waals surface area contributed by atoms with Gasteiger partial charge in [-0.15, -0.1) is 0 Å². The molecule has 0 atom stereocenters. The number of piperidine rings is 1. The molecule has 1 saturated heterocycles. The van der Waals surface area contributed by atoms with Gasteiger partial charge in [0.25, 0.3) is 0 Å². The zero-order valence-corrected chi connectivity index (χ0v) is 20.3. The van der Waals surface area contributed by atoms with Gasteiger partial charge in [-0.1, -0.05) is 31.1 Å². The fraction of sp³-hybridized carbons (Fsp3) is 0.360. The van der Waals surface area contributed by atoms with Crippen LogP contribution in [0.15, 0.2) is 56.5 Å². The van der Waals surface area contributed by atoms with E-state index in [-0.39, 0.29) is 35.6 Å². The normalized spacial score (nSPS) is 15.9. The number of hydrogen-bond donors (Lipinski definition) is 1. The van der Waals surface area contributed by atoms with Crippen LogP contribution in [0.1, 0.15) is 55.4 Å². The number of amides is 1. The Bertz CT molecular complexity index is 1250. The lowest BCUT2D eigenvalue weighted by Crippen LogP contribution is -2.41. The molecule has 2 aromatic heterocycles. The smallest absolute Gasteiger partial charge is 0.248 e. The number of nitrogens with one attached hydrogen (secondary N) is 1. The number of hydrogen-bond acceptors (Lipinski definition) is 6. The van der Waals surface area contributed by atoms with Crippen molar-refractivity contribution in [3.63, 3.8) is 0 Å². The van der Waals surface area contributed by atoms with E-state index in [0.29, 0.717) is 30.2 Å². The zero-order valence-electron chi connectivity index (χ0n) is 19.5. The van der Waals surface area contributed by atoms with Gasteiger partial charge in [0.05, 0.1) is 6.26 Å². The maximum absolute atomic E-state index is 13.4. The van der Waals surface area contributed by atoms with Gasteiger partial charge < -0.3 is 14.3 Å². The predicted molar refractivity (Wildman–Crippen MR) is 130 cm³/mol. The van der Waals surface area contributed by atoms with Crippen LogP contribution in [0.4, 0.5) is 5.69 Å². The largest absolute Gasteiger partial charge is 0.465 e. The minimum Gasteiger partial charge on any atom is -0.465 e. The average Bonchev–Trinajstić information content (AvgIpc) is 3.47. The summed E-state index contributed by atoms with van der Waals surface area (Å²) in [5.74, 6) is 0.809. The molecule has 4 rings (SSSR count). The molecule has 34 heavy (non-hydrogen) atoms. The number of carbonyl (C=O) groups excluding carboxylic acids is 1. The van der Waals surface area contributed by atoms with E-state index in [1.807, 2.05) is 24.3 Å². The van der Waals surface area contributed by atoms with Crippen LogP contribution in [0, 0.1) is 12.8 Å². The minimum absolute atomic E-state index is 0.0449. The van der Waals surface area contributed by atoms with Crippen LogP contribution in [0.5, 0.6) is 0 Å². The van der Waals surface area contributed by atoms with Crippen molar-refractivity contribution in [3.05, 3.63) is 65.4 Å². The number of anilines is 1. The second kappa shape index (κ2) is 9.99. The van der Waals surface area contributed by atoms with Crippen LogP contribution in [-0.4, -0.2) is 36.9 Å². The molecule has 0 unspecified atom stereocenters. The Labute approximate surface area is 199 Å². The van der Waals surface area contributed by atoms with Gasteiger partial charge in [0.2, 0.25) is 15.9 Å². The van der Waals surface area contributed by atoms with Crippen LogP contribution >= 0.6 is 0 Å². The number of carbonyl (C=O) groups is 1. The number of furan rings is 1. The maximum Gasteiger partial charge on any atom is 0.248 e. The number of benzene rings is 1. The van der Waals surface area contributed by atoms with Gasteiger partial charge in [0.15, 0.2) is 10.7 Å². The fourth-order valence-electron chi connectivity index (χ4n) is 4.03. The monoisotopic (exact) mass is 483 g/mol. The lowest BCUT2D eigenvalue weighted by molar-refractivity contribution is -0.120. The molecule has 3 aromatic rings. The first-order valence-corrected chi connectivity index (χ1v) is 12.8. The quantitative estimate of drug-likeness (QED) is 0.512. The first kappa shape index (κ1) is 24.0. The van der Waals surface area contributed by atoms with Crippen molar-refractivity contribution in [3.8, 4) is 0 Å². The van der Waals surface area contributed by atoms with Crippen molar-refractivity contribution in [2.24, 2.45) is 5.92 Å². The van der Waals surface area contributed by atoms with E-state index in [2.05, 4.69) is 24.3 Å². The molecule has 0 spiro atoms. The Hall–Kier alpha value is -3.17. The zero-order chi connectivity index (χ0) is 24.3. The Morgan fingerprint density at radius 2 is 1.85 bits per heavy atom. The molecule has 1 amide bonds. The molecule has 9 heteroatoms. The predicted octanol–water partition coefficient (Wildman–Crippen LogP) is 4.91. The number of aryl methyl sites for hydroxylation is 1. The Morgan fingerprint density at radius 3 is 2.47 bits per heavy atom. The molecular weight excluding hydrogens is 454 g/mol. The van der Waals surface area contributed by atoms with Crippen molar-refractivity contribution in [1.82, 2.24) is 9.46 Å². The fourth-order valence-corrected chi connectivity index (χ4v) is 5.75. The van der Waals surface area contributed by atoms with Crippen molar-refractivity contribution in [2.45, 2.75) is 44.4 Å². The van der Waals surface area contributed by atoms with Gasteiger partial charge in [0, 0.05) is 24.7 Å². The lowest BCUT2D eigenvalue weighted by atomic mass is 9.97. The molecule has 0 bridgehead atoms. The molecule has 3 heterocycles. The summed E-state index contributed by atoms with van der Waals surface area (Å²) in [4.78, 5) is 12.8. The minimum atomic E-state index is -3.83. The number of sulfonamides is 1. The van der Waals surface area contributed by atoms with E-state index in [4.69, 9.17) is 8.94 Å². The van der Waals surface area contributed by atoms with Crippen molar-refractivity contribution in [1.29, 1.82) is 0 Å². The van der Waals surface area contributed by atoms with Crippen molar-refractivity contribution < 1.29 is 22.2 Å². The average molecular weight is 484 g/mol. The highest BCUT2D eigenvalue weighted by Crippen LogP contribution is 2.30. The molecule has 1 N–H and O–H groups in total. The van der Waals surface area contributed by atoms with Crippen molar-refractivity contribution >= 4 is 33.8 Å². The molecule has 1 aliphatic rings. The lowest BCUT2D eigenvalue weighted by Gasteiger charge is -2.30. The molecule has 0 radical (unpaired) electrons. The highest BCUT2D eigenvalue weighted by molar-refractivity contribution is 7.89. The molecule has 1 aliphatic heterocycles. The molecule has 1 fully saturated rings. The summed E-state index contributed by atoms with van der Waals surface area (Å²) in [6, 6.07) is 11.3. The van der Waals surface area contributed by atoms with Crippen molar-refractivity contribution in [2.75, 3.05) is 18.4 Å². The van der Waals surface area contributed by atoms with Gasteiger partial charge in [-0.2, -0.15) is 4.31 Å². The standard InChI is InChI=1S/C25H29N3O5S/c1-17(2)19-6-8-21(9-7-19)26-25(29)20-12-14-28(15-13-20)34(30,31)24-18(3)27-33-23(24)11-10-22-5-4-16-32-22/h4-11,16-17,20H,12-15H2,1-3H3,(H,26,29). The molecule has 8 nitrogen and oxygen atoms in total. The van der Waals surface area contributed by atoms with E-state index >= 15 is 0 Å². The number of rotatable bonds is 7. The Kier molecular flexibility index (Phi) is 7.04. The number of aromatic nitrogens is 1. The second-order valence-corrected chi connectivity index (χ2v) is 10.6. The summed E-state index contributed by atoms with van der Waals surface area (Å²) in [5.41, 5.74) is 2.25. The van der Waals surface area contributed by atoms with Crippen LogP contribution in [0.25, 0.3) is 12.2 Å². The van der Waals surface area contributed by atoms with Crippen LogP contribution < -0.4 is 5.32 Å². The summed E-state index contributed by atoms with van der Waals surface area (Å²) in [5, 5.41) is 6.82. The van der Waals surface area contributed by atoms with Gasteiger partial charge in [-0.05, 0) is 67.7 Å². The van der Waals surface area contributed by atoms with E-state index < -0.39 is 10.0 Å². The molecular formula is C25H29N3O5S. The summed E-state index contributed by atoms with van der Waals surface area (Å²) >= 11 is 0. The summed E-state index contributed by atoms with van der Waals surface area (Å²) < 4.78 is 38.7. The van der Waals surface area contributed by atoms with Gasteiger partial charge in [0.1, 0.15) is 11.5 Å². The highest BCUT2D eigenvalue weighted by atomic mass is 32.2. The third kappa shape index (κ3) is 5.15. The molecule has 180 valence electrons. The third-order valence-electron chi connectivity index (χ3n) is 6.04. The Morgan fingerprint density at radius 1 is 1.15 bits per heavy atom. The van der Waals surface area contributed by atoms with Crippen LogP contribution in [0.2, 0.25) is 0 Å². The van der Waals surface area contributed by atoms with E-state index in [1.54, 1.807) is 25.1 Å². The van der Waals surface area contributed by atoms with E-state index in [0.717, 1.165) is 5.69 Å². The molecule has 0 aliphatic carbocycles. The van der Waals surface area contributed by atoms with Crippen LogP contribution in [-0.2, 0) is 14.8 Å². The Balaban J connectivity index is 1.41. The highest BCUT2D eigenvalue weighted by Gasteiger charge is 2.36. The molecule has 1 aromatic carbocycles. The topological polar surface area (TPSA) is 106 Å². The SMILES string of the molecule is Cc1noc(C=Cc2ccco2)c1S(=O)(=O)N1CCC(C(=O)Nc2ccc(C(C)C)cc2)CC1. The van der Waals surface area contributed by atoms with E-state index in [9.17, 15) is 13.2 Å². The summed E-state index contributed by atoms with van der Waals surface area (Å²) in [6.45, 7) is 6.34.